The van der Waals surface area contributed by atoms with Gasteiger partial charge in [-0.25, -0.2) is 8.42 Å². The van der Waals surface area contributed by atoms with E-state index in [0.29, 0.717) is 37.4 Å². The second-order valence-electron chi connectivity index (χ2n) is 10.6. The number of anilines is 1. The van der Waals surface area contributed by atoms with Crippen LogP contribution >= 0.6 is 0 Å². The fourth-order valence-electron chi connectivity index (χ4n) is 5.96. The van der Waals surface area contributed by atoms with Crippen LogP contribution in [0.5, 0.6) is 0 Å². The summed E-state index contributed by atoms with van der Waals surface area (Å²) in [6.07, 6.45) is 2.60. The van der Waals surface area contributed by atoms with E-state index in [1.54, 1.807) is 31.2 Å². The number of aliphatic hydroxyl groups is 1. The molecule has 2 aromatic carbocycles. The summed E-state index contributed by atoms with van der Waals surface area (Å²) >= 11 is 0. The maximum atomic E-state index is 14.2. The van der Waals surface area contributed by atoms with Crippen LogP contribution < -0.4 is 4.90 Å². The highest BCUT2D eigenvalue weighted by atomic mass is 32.2. The number of likely N-dealkylation sites (N-methyl/N-ethyl adjacent to an activating group) is 2. The van der Waals surface area contributed by atoms with Crippen LogP contribution in [0.3, 0.4) is 0 Å². The number of carbonyl (C=O) groups excluding carboxylic acids is 3. The maximum Gasteiger partial charge on any atom is 0.296 e. The van der Waals surface area contributed by atoms with Gasteiger partial charge in [0.05, 0.1) is 16.2 Å². The molecule has 2 fully saturated rings. The van der Waals surface area contributed by atoms with Gasteiger partial charge in [0, 0.05) is 43.9 Å². The van der Waals surface area contributed by atoms with Crippen LogP contribution in [0.15, 0.2) is 59.0 Å². The normalized spacial score (nSPS) is 23.1. The standard InChI is InChI=1S/C29H34N4O6S/c1-4-32-23-11-7-6-10-22(23)29(28(32)37)24(26(35)27(36)33(29)19-18-30(2)3)25(34)20-12-14-21(15-13-20)40(38,39)31-16-8-5-9-17-31/h6-7,10-15,34H,4-5,8-9,16-19H2,1-3H3/b25-24+. The second kappa shape index (κ2) is 10.5. The van der Waals surface area contributed by atoms with Crippen molar-refractivity contribution in [1.82, 2.24) is 14.1 Å². The molecule has 0 aliphatic carbocycles. The Morgan fingerprint density at radius 2 is 1.62 bits per heavy atom. The summed E-state index contributed by atoms with van der Waals surface area (Å²) in [7, 11) is -0.0582. The van der Waals surface area contributed by atoms with Crippen molar-refractivity contribution in [3.05, 3.63) is 65.2 Å². The maximum absolute atomic E-state index is 14.2. The molecular weight excluding hydrogens is 532 g/mol. The van der Waals surface area contributed by atoms with Crippen molar-refractivity contribution in [2.24, 2.45) is 0 Å². The highest BCUT2D eigenvalue weighted by Gasteiger charge is 2.66. The van der Waals surface area contributed by atoms with Crippen LogP contribution in [0.1, 0.15) is 37.3 Å². The van der Waals surface area contributed by atoms with E-state index in [2.05, 4.69) is 0 Å². The van der Waals surface area contributed by atoms with Crippen LogP contribution in [0, 0.1) is 0 Å². The van der Waals surface area contributed by atoms with Crippen LogP contribution in [0.25, 0.3) is 5.76 Å². The molecule has 1 spiro atoms. The van der Waals surface area contributed by atoms with Gasteiger partial charge in [-0.2, -0.15) is 4.31 Å². The highest BCUT2D eigenvalue weighted by molar-refractivity contribution is 7.89. The first-order chi connectivity index (χ1) is 19.1. The molecule has 2 aromatic rings. The molecule has 10 nitrogen and oxygen atoms in total. The van der Waals surface area contributed by atoms with Gasteiger partial charge >= 0.3 is 0 Å². The minimum Gasteiger partial charge on any atom is -0.507 e. The number of hydrogen-bond donors (Lipinski definition) is 1. The van der Waals surface area contributed by atoms with E-state index >= 15 is 0 Å². The number of amides is 2. The van der Waals surface area contributed by atoms with E-state index < -0.39 is 38.9 Å². The third-order valence-corrected chi connectivity index (χ3v) is 9.89. The van der Waals surface area contributed by atoms with Gasteiger partial charge < -0.3 is 19.8 Å². The van der Waals surface area contributed by atoms with Gasteiger partial charge in [0.15, 0.2) is 5.54 Å². The number of carbonyl (C=O) groups is 3. The minimum absolute atomic E-state index is 0.0755. The van der Waals surface area contributed by atoms with E-state index in [9.17, 15) is 27.9 Å². The quantitative estimate of drug-likeness (QED) is 0.311. The number of Topliss-reactive ketones (excluding diaryl/α,β-unsaturated/α-hetero) is 1. The summed E-state index contributed by atoms with van der Waals surface area (Å²) in [5.74, 6) is -2.83. The fourth-order valence-corrected chi connectivity index (χ4v) is 7.48. The molecule has 0 aromatic heterocycles. The molecule has 40 heavy (non-hydrogen) atoms. The zero-order valence-electron chi connectivity index (χ0n) is 23.0. The van der Waals surface area contributed by atoms with Crippen molar-refractivity contribution in [3.8, 4) is 0 Å². The van der Waals surface area contributed by atoms with E-state index in [1.165, 1.54) is 38.4 Å². The van der Waals surface area contributed by atoms with Gasteiger partial charge in [0.25, 0.3) is 17.6 Å². The SMILES string of the molecule is CCN1C(=O)C2(/C(=C(/O)c3ccc(S(=O)(=O)N4CCCCC4)cc3)C(=O)C(=O)N2CCN(C)C)c2ccccc21. The molecule has 1 unspecified atom stereocenters. The number of sulfonamides is 1. The zero-order valence-corrected chi connectivity index (χ0v) is 23.8. The number of ketones is 1. The minimum atomic E-state index is -3.71. The first-order valence-electron chi connectivity index (χ1n) is 13.5. The van der Waals surface area contributed by atoms with Crippen molar-refractivity contribution in [3.63, 3.8) is 0 Å². The zero-order chi connectivity index (χ0) is 28.8. The predicted octanol–water partition coefficient (Wildman–Crippen LogP) is 2.37. The molecule has 212 valence electrons. The van der Waals surface area contributed by atoms with Crippen molar-refractivity contribution in [2.75, 3.05) is 51.7 Å². The van der Waals surface area contributed by atoms with Crippen LogP contribution in [0.2, 0.25) is 0 Å². The van der Waals surface area contributed by atoms with Crippen LogP contribution in [-0.2, 0) is 29.9 Å². The average molecular weight is 567 g/mol. The van der Waals surface area contributed by atoms with Gasteiger partial charge in [-0.1, -0.05) is 24.6 Å². The van der Waals surface area contributed by atoms with Crippen LogP contribution in [-0.4, -0.2) is 92.0 Å². The summed E-state index contributed by atoms with van der Waals surface area (Å²) in [5.41, 5.74) is -0.982. The van der Waals surface area contributed by atoms with Gasteiger partial charge in [-0.15, -0.1) is 0 Å². The Balaban J connectivity index is 1.66. The third-order valence-electron chi connectivity index (χ3n) is 7.98. The molecule has 1 N–H and O–H groups in total. The number of benzene rings is 2. The molecule has 11 heteroatoms. The number of hydrogen-bond acceptors (Lipinski definition) is 7. The second-order valence-corrected chi connectivity index (χ2v) is 12.5. The van der Waals surface area contributed by atoms with E-state index in [1.807, 2.05) is 19.0 Å². The van der Waals surface area contributed by atoms with Crippen molar-refractivity contribution < 1.29 is 27.9 Å². The lowest BCUT2D eigenvalue weighted by atomic mass is 9.82. The lowest BCUT2D eigenvalue weighted by molar-refractivity contribution is -0.143. The molecule has 3 heterocycles. The van der Waals surface area contributed by atoms with Gasteiger partial charge in [-0.05, 0) is 64.2 Å². The Bertz CT molecular complexity index is 1490. The molecule has 5 rings (SSSR count). The summed E-state index contributed by atoms with van der Waals surface area (Å²) in [6.45, 7) is 3.49. The fraction of sp³-hybridized carbons (Fsp3) is 0.414. The third kappa shape index (κ3) is 4.15. The number of aliphatic hydroxyl groups excluding tert-OH is 1. The molecule has 2 amide bonds. The Hall–Kier alpha value is -3.54. The van der Waals surface area contributed by atoms with E-state index in [4.69, 9.17) is 0 Å². The molecule has 2 saturated heterocycles. The Kier molecular flexibility index (Phi) is 7.32. The van der Waals surface area contributed by atoms with Gasteiger partial charge in [-0.3, -0.25) is 14.4 Å². The largest absolute Gasteiger partial charge is 0.507 e. The summed E-state index contributed by atoms with van der Waals surface area (Å²) in [6, 6.07) is 12.6. The predicted molar refractivity (Wildman–Crippen MR) is 150 cm³/mol. The van der Waals surface area contributed by atoms with E-state index in [0.717, 1.165) is 19.3 Å². The molecule has 0 radical (unpaired) electrons. The Morgan fingerprint density at radius 3 is 2.25 bits per heavy atom. The number of nitrogens with zero attached hydrogens (tertiary/aromatic N) is 4. The Morgan fingerprint density at radius 1 is 0.975 bits per heavy atom. The van der Waals surface area contributed by atoms with Gasteiger partial charge in [0.1, 0.15) is 5.76 Å². The number of rotatable bonds is 7. The molecule has 3 aliphatic heterocycles. The topological polar surface area (TPSA) is 119 Å². The van der Waals surface area contributed by atoms with E-state index in [-0.39, 0.29) is 22.6 Å². The smallest absolute Gasteiger partial charge is 0.296 e. The first kappa shape index (κ1) is 28.0. The summed E-state index contributed by atoms with van der Waals surface area (Å²) < 4.78 is 27.7. The lowest BCUT2D eigenvalue weighted by Gasteiger charge is -2.35. The summed E-state index contributed by atoms with van der Waals surface area (Å²) in [4.78, 5) is 46.0. The van der Waals surface area contributed by atoms with Gasteiger partial charge in [0.2, 0.25) is 10.0 Å². The monoisotopic (exact) mass is 566 g/mol. The first-order valence-corrected chi connectivity index (χ1v) is 15.0. The molecule has 3 aliphatic rings. The summed E-state index contributed by atoms with van der Waals surface area (Å²) in [5, 5.41) is 11.6. The highest BCUT2D eigenvalue weighted by Crippen LogP contribution is 2.53. The lowest BCUT2D eigenvalue weighted by Crippen LogP contribution is -2.53. The number of fused-ring (bicyclic) bond motifs is 2. The van der Waals surface area contributed by atoms with Crippen LogP contribution in [0.4, 0.5) is 5.69 Å². The Labute approximate surface area is 234 Å². The number of likely N-dealkylation sites (tertiary alicyclic amines) is 1. The molecule has 1 atom stereocenters. The molecular formula is C29H34N4O6S. The molecule has 0 saturated carbocycles. The van der Waals surface area contributed by atoms with Crippen molar-refractivity contribution in [2.45, 2.75) is 36.6 Å². The molecule has 0 bridgehead atoms. The number of piperidine rings is 1. The van der Waals surface area contributed by atoms with Crippen molar-refractivity contribution in [1.29, 1.82) is 0 Å². The average Bonchev–Trinajstić information content (AvgIpc) is 3.34. The number of para-hydroxylation sites is 1. The van der Waals surface area contributed by atoms with Crippen molar-refractivity contribution >= 4 is 39.1 Å².